The van der Waals surface area contributed by atoms with Crippen molar-refractivity contribution in [2.24, 2.45) is 0 Å². The molecule has 9 heteroatoms. The number of para-hydroxylation sites is 1. The first-order valence-corrected chi connectivity index (χ1v) is 11.4. The SMILES string of the molecule is Cl.O=C(O)[C@@H]1CCCN1Cc1ccc(-c2noc(-c3ccc(Oc4ccccc4)cc3)n2)c(Cl)c1. The molecule has 1 N–H and O–H groups in total. The Bertz CT molecular complexity index is 1300. The second-order valence-electron chi connectivity index (χ2n) is 8.14. The van der Waals surface area contributed by atoms with Gasteiger partial charge in [-0.3, -0.25) is 9.69 Å². The fourth-order valence-corrected chi connectivity index (χ4v) is 4.40. The van der Waals surface area contributed by atoms with Crippen LogP contribution in [0.4, 0.5) is 0 Å². The summed E-state index contributed by atoms with van der Waals surface area (Å²) >= 11 is 6.53. The number of rotatable bonds is 7. The maximum Gasteiger partial charge on any atom is 0.320 e. The first-order valence-electron chi connectivity index (χ1n) is 11.0. The van der Waals surface area contributed by atoms with Gasteiger partial charge in [0, 0.05) is 17.7 Å². The number of aromatic nitrogens is 2. The number of ether oxygens (including phenoxy) is 1. The van der Waals surface area contributed by atoms with Crippen molar-refractivity contribution >= 4 is 30.0 Å². The van der Waals surface area contributed by atoms with Crippen LogP contribution in [0.15, 0.2) is 77.3 Å². The molecule has 2 heterocycles. The molecule has 180 valence electrons. The normalized spacial score (nSPS) is 15.5. The molecule has 1 atom stereocenters. The van der Waals surface area contributed by atoms with Gasteiger partial charge in [0.2, 0.25) is 5.82 Å². The van der Waals surface area contributed by atoms with Crippen LogP contribution < -0.4 is 4.74 Å². The average Bonchev–Trinajstić information content (AvgIpc) is 3.51. The number of hydrogen-bond donors (Lipinski definition) is 1. The summed E-state index contributed by atoms with van der Waals surface area (Å²) in [4.78, 5) is 17.9. The minimum Gasteiger partial charge on any atom is -0.480 e. The molecule has 0 bridgehead atoms. The molecule has 1 saturated heterocycles. The van der Waals surface area contributed by atoms with E-state index < -0.39 is 12.0 Å². The molecule has 3 aromatic carbocycles. The van der Waals surface area contributed by atoms with Crippen LogP contribution in [0.5, 0.6) is 11.5 Å². The van der Waals surface area contributed by atoms with Crippen molar-refractivity contribution in [1.82, 2.24) is 15.0 Å². The second-order valence-corrected chi connectivity index (χ2v) is 8.55. The summed E-state index contributed by atoms with van der Waals surface area (Å²) in [5, 5.41) is 14.0. The van der Waals surface area contributed by atoms with Crippen molar-refractivity contribution in [2.75, 3.05) is 6.54 Å². The van der Waals surface area contributed by atoms with E-state index in [1.54, 1.807) is 0 Å². The summed E-state index contributed by atoms with van der Waals surface area (Å²) in [5.74, 6) is 1.45. The molecule has 1 fully saturated rings. The average molecular weight is 512 g/mol. The van der Waals surface area contributed by atoms with Crippen molar-refractivity contribution in [2.45, 2.75) is 25.4 Å². The number of hydrogen-bond acceptors (Lipinski definition) is 6. The zero-order chi connectivity index (χ0) is 23.5. The van der Waals surface area contributed by atoms with E-state index in [0.29, 0.717) is 41.0 Å². The molecular formula is C26H23Cl2N3O4. The summed E-state index contributed by atoms with van der Waals surface area (Å²) in [5.41, 5.74) is 2.36. The van der Waals surface area contributed by atoms with Crippen LogP contribution in [-0.2, 0) is 11.3 Å². The zero-order valence-electron chi connectivity index (χ0n) is 18.6. The van der Waals surface area contributed by atoms with Gasteiger partial charge in [0.15, 0.2) is 0 Å². The summed E-state index contributed by atoms with van der Waals surface area (Å²) in [6.45, 7) is 1.30. The predicted octanol–water partition coefficient (Wildman–Crippen LogP) is 6.32. The Kier molecular flexibility index (Phi) is 7.70. The molecule has 1 aliphatic rings. The quantitative estimate of drug-likeness (QED) is 0.310. The van der Waals surface area contributed by atoms with Crippen molar-refractivity contribution in [3.8, 4) is 34.3 Å². The van der Waals surface area contributed by atoms with Gasteiger partial charge < -0.3 is 14.4 Å². The molecule has 5 rings (SSSR count). The Labute approximate surface area is 213 Å². The Balaban J connectivity index is 0.00000289. The number of carboxylic acids is 1. The summed E-state index contributed by atoms with van der Waals surface area (Å²) in [6, 6.07) is 22.1. The van der Waals surface area contributed by atoms with Gasteiger partial charge in [-0.05, 0) is 73.5 Å². The van der Waals surface area contributed by atoms with Gasteiger partial charge in [-0.15, -0.1) is 12.4 Å². The lowest BCUT2D eigenvalue weighted by atomic mass is 10.1. The Morgan fingerprint density at radius 2 is 1.83 bits per heavy atom. The number of carboxylic acid groups (broad SMARTS) is 1. The van der Waals surface area contributed by atoms with Gasteiger partial charge in [0.05, 0.1) is 5.02 Å². The van der Waals surface area contributed by atoms with Crippen LogP contribution in [-0.4, -0.2) is 38.7 Å². The van der Waals surface area contributed by atoms with E-state index >= 15 is 0 Å². The monoisotopic (exact) mass is 511 g/mol. The molecule has 0 unspecified atom stereocenters. The minimum absolute atomic E-state index is 0. The number of benzene rings is 3. The first-order chi connectivity index (χ1) is 16.6. The van der Waals surface area contributed by atoms with Gasteiger partial charge in [0.25, 0.3) is 5.89 Å². The summed E-state index contributed by atoms with van der Waals surface area (Å²) in [6.07, 6.45) is 1.56. The fourth-order valence-electron chi connectivity index (χ4n) is 4.11. The van der Waals surface area contributed by atoms with Crippen molar-refractivity contribution < 1.29 is 19.2 Å². The van der Waals surface area contributed by atoms with Gasteiger partial charge >= 0.3 is 5.97 Å². The highest BCUT2D eigenvalue weighted by Gasteiger charge is 2.30. The number of halogens is 2. The molecule has 4 aromatic rings. The first kappa shape index (κ1) is 24.7. The van der Waals surface area contributed by atoms with Crippen LogP contribution in [0.1, 0.15) is 18.4 Å². The minimum atomic E-state index is -0.779. The van der Waals surface area contributed by atoms with Crippen LogP contribution in [0.2, 0.25) is 5.02 Å². The van der Waals surface area contributed by atoms with Gasteiger partial charge in [-0.25, -0.2) is 0 Å². The van der Waals surface area contributed by atoms with Crippen LogP contribution in [0.25, 0.3) is 22.8 Å². The third-order valence-electron chi connectivity index (χ3n) is 5.81. The van der Waals surface area contributed by atoms with E-state index in [2.05, 4.69) is 10.1 Å². The molecule has 0 amide bonds. The number of carbonyl (C=O) groups is 1. The van der Waals surface area contributed by atoms with Crippen LogP contribution in [0, 0.1) is 0 Å². The van der Waals surface area contributed by atoms with Gasteiger partial charge in [-0.2, -0.15) is 4.98 Å². The number of nitrogens with zero attached hydrogens (tertiary/aromatic N) is 3. The molecule has 1 aromatic heterocycles. The smallest absolute Gasteiger partial charge is 0.320 e. The molecule has 0 aliphatic carbocycles. The summed E-state index contributed by atoms with van der Waals surface area (Å²) in [7, 11) is 0. The summed E-state index contributed by atoms with van der Waals surface area (Å²) < 4.78 is 11.3. The fraction of sp³-hybridized carbons (Fsp3) is 0.192. The standard InChI is InChI=1S/C26H22ClN3O4.ClH/c27-22-15-17(16-30-14-4-7-23(30)26(31)32)8-13-21(22)24-28-25(34-29-24)18-9-11-20(12-10-18)33-19-5-2-1-3-6-19;/h1-3,5-6,8-13,15,23H,4,7,14,16H2,(H,31,32);1H/t23-;/m0./s1. The number of aliphatic carboxylic acids is 1. The highest BCUT2D eigenvalue weighted by Crippen LogP contribution is 2.31. The highest BCUT2D eigenvalue weighted by molar-refractivity contribution is 6.33. The lowest BCUT2D eigenvalue weighted by Gasteiger charge is -2.21. The molecule has 35 heavy (non-hydrogen) atoms. The number of likely N-dealkylation sites (tertiary alicyclic amines) is 1. The zero-order valence-corrected chi connectivity index (χ0v) is 20.2. The van der Waals surface area contributed by atoms with Crippen molar-refractivity contribution in [3.05, 3.63) is 83.4 Å². The molecular weight excluding hydrogens is 489 g/mol. The van der Waals surface area contributed by atoms with E-state index in [0.717, 1.165) is 29.8 Å². The van der Waals surface area contributed by atoms with Crippen LogP contribution in [0.3, 0.4) is 0 Å². The molecule has 0 spiro atoms. The Morgan fingerprint density at radius 3 is 2.54 bits per heavy atom. The van der Waals surface area contributed by atoms with E-state index in [1.165, 1.54) is 0 Å². The molecule has 1 aliphatic heterocycles. The van der Waals surface area contributed by atoms with Gasteiger partial charge in [0.1, 0.15) is 17.5 Å². The van der Waals surface area contributed by atoms with E-state index in [4.69, 9.17) is 20.9 Å². The second kappa shape index (κ2) is 10.9. The predicted molar refractivity (Wildman–Crippen MR) is 135 cm³/mol. The molecule has 0 radical (unpaired) electrons. The third kappa shape index (κ3) is 5.65. The van der Waals surface area contributed by atoms with Gasteiger partial charge in [-0.1, -0.05) is 41.0 Å². The van der Waals surface area contributed by atoms with E-state index in [9.17, 15) is 9.90 Å². The lowest BCUT2D eigenvalue weighted by molar-refractivity contribution is -0.142. The molecule has 7 nitrogen and oxygen atoms in total. The third-order valence-corrected chi connectivity index (χ3v) is 6.13. The van der Waals surface area contributed by atoms with Crippen molar-refractivity contribution in [3.63, 3.8) is 0 Å². The Morgan fingerprint density at radius 1 is 1.09 bits per heavy atom. The topological polar surface area (TPSA) is 88.7 Å². The van der Waals surface area contributed by atoms with Crippen LogP contribution >= 0.6 is 24.0 Å². The van der Waals surface area contributed by atoms with E-state index in [1.807, 2.05) is 77.7 Å². The maximum atomic E-state index is 11.4. The maximum absolute atomic E-state index is 11.4. The van der Waals surface area contributed by atoms with E-state index in [-0.39, 0.29) is 12.4 Å². The van der Waals surface area contributed by atoms with Crippen molar-refractivity contribution in [1.29, 1.82) is 0 Å². The Hall–Kier alpha value is -3.39. The highest BCUT2D eigenvalue weighted by atomic mass is 35.5. The molecule has 0 saturated carbocycles. The lowest BCUT2D eigenvalue weighted by Crippen LogP contribution is -2.35. The largest absolute Gasteiger partial charge is 0.480 e.